The third kappa shape index (κ3) is 8.48. The lowest BCUT2D eigenvalue weighted by Gasteiger charge is -2.14. The number of unbranched alkanes of at least 4 members (excludes halogenated alkanes) is 3. The molecule has 0 bridgehead atoms. The van der Waals surface area contributed by atoms with Crippen LogP contribution in [-0.4, -0.2) is 28.3 Å². The second kappa shape index (κ2) is 8.49. The Balaban J connectivity index is 4.53. The molecule has 0 heterocycles. The summed E-state index contributed by atoms with van der Waals surface area (Å²) in [6, 6.07) is 0. The van der Waals surface area contributed by atoms with E-state index in [1.807, 2.05) is 13.8 Å². The second-order valence-electron chi connectivity index (χ2n) is 5.11. The molecular formula is C13H25O4P. The van der Waals surface area contributed by atoms with E-state index in [1.165, 1.54) is 0 Å². The van der Waals surface area contributed by atoms with Crippen molar-refractivity contribution < 1.29 is 19.4 Å². The molecule has 0 spiro atoms. The molecule has 1 unspecified atom stereocenters. The normalized spacial score (nSPS) is 15.7. The van der Waals surface area contributed by atoms with Crippen LogP contribution in [0, 0.1) is 5.92 Å². The molecule has 0 aliphatic heterocycles. The van der Waals surface area contributed by atoms with Gasteiger partial charge in [0, 0.05) is 11.7 Å². The number of rotatable bonds is 9. The highest BCUT2D eigenvalue weighted by atomic mass is 31.2. The predicted molar refractivity (Wildman–Crippen MR) is 74.3 cm³/mol. The van der Waals surface area contributed by atoms with Crippen LogP contribution in [0.4, 0.5) is 0 Å². The fraction of sp³-hybridized carbons (Fsp3) is 0.769. The largest absolute Gasteiger partial charge is 0.478 e. The van der Waals surface area contributed by atoms with Crippen molar-refractivity contribution in [2.45, 2.75) is 46.5 Å². The Bertz CT molecular complexity index is 334. The van der Waals surface area contributed by atoms with Gasteiger partial charge in [0.2, 0.25) is 7.37 Å². The Morgan fingerprint density at radius 1 is 1.33 bits per heavy atom. The quantitative estimate of drug-likeness (QED) is 0.384. The molecule has 0 aromatic rings. The Hall–Kier alpha value is -0.600. The van der Waals surface area contributed by atoms with Gasteiger partial charge in [0.15, 0.2) is 0 Å². The van der Waals surface area contributed by atoms with Gasteiger partial charge in [-0.2, -0.15) is 0 Å². The number of carboxylic acids is 1. The molecule has 0 aliphatic carbocycles. The summed E-state index contributed by atoms with van der Waals surface area (Å²) in [5, 5.41) is 9.03. The van der Waals surface area contributed by atoms with Crippen LogP contribution >= 0.6 is 7.37 Å². The molecule has 0 saturated heterocycles. The zero-order chi connectivity index (χ0) is 14.2. The first-order chi connectivity index (χ1) is 8.28. The summed E-state index contributed by atoms with van der Waals surface area (Å²) in [4.78, 5) is 20.8. The Labute approximate surface area is 110 Å². The molecule has 0 amide bonds. The maximum atomic E-state index is 11.9. The molecular weight excluding hydrogens is 251 g/mol. The van der Waals surface area contributed by atoms with E-state index in [-0.39, 0.29) is 23.8 Å². The van der Waals surface area contributed by atoms with Gasteiger partial charge in [0.1, 0.15) is 0 Å². The molecule has 18 heavy (non-hydrogen) atoms. The van der Waals surface area contributed by atoms with Crippen LogP contribution in [0.2, 0.25) is 0 Å². The monoisotopic (exact) mass is 276 g/mol. The van der Waals surface area contributed by atoms with Crippen LogP contribution in [0.5, 0.6) is 0 Å². The summed E-state index contributed by atoms with van der Waals surface area (Å²) >= 11 is 0. The number of carbonyl (C=O) groups is 1. The Morgan fingerprint density at radius 2 is 1.94 bits per heavy atom. The van der Waals surface area contributed by atoms with E-state index < -0.39 is 13.3 Å². The van der Waals surface area contributed by atoms with Crippen molar-refractivity contribution in [3.05, 3.63) is 11.6 Å². The summed E-state index contributed by atoms with van der Waals surface area (Å²) in [5.74, 6) is -0.986. The van der Waals surface area contributed by atoms with Crippen LogP contribution < -0.4 is 0 Å². The number of aliphatic carboxylic acids is 1. The van der Waals surface area contributed by atoms with E-state index in [2.05, 4.69) is 6.92 Å². The van der Waals surface area contributed by atoms with Crippen molar-refractivity contribution in [2.75, 3.05) is 12.3 Å². The maximum absolute atomic E-state index is 11.9. The molecule has 0 saturated carbocycles. The third-order valence-corrected chi connectivity index (χ3v) is 4.68. The van der Waals surface area contributed by atoms with Gasteiger partial charge in [-0.25, -0.2) is 4.79 Å². The average molecular weight is 276 g/mol. The summed E-state index contributed by atoms with van der Waals surface area (Å²) in [6.07, 6.45) is 5.26. The van der Waals surface area contributed by atoms with Crippen LogP contribution in [0.25, 0.3) is 0 Å². The van der Waals surface area contributed by atoms with E-state index >= 15 is 0 Å². The number of hydrogen-bond donors (Lipinski definition) is 2. The van der Waals surface area contributed by atoms with E-state index in [0.717, 1.165) is 19.3 Å². The minimum Gasteiger partial charge on any atom is -0.478 e. The van der Waals surface area contributed by atoms with Gasteiger partial charge in [0.05, 0.1) is 6.16 Å². The summed E-state index contributed by atoms with van der Waals surface area (Å²) < 4.78 is 11.9. The zero-order valence-corrected chi connectivity index (χ0v) is 12.4. The van der Waals surface area contributed by atoms with Gasteiger partial charge in [-0.3, -0.25) is 4.57 Å². The lowest BCUT2D eigenvalue weighted by Crippen LogP contribution is -2.09. The molecule has 0 aromatic carbocycles. The SMILES string of the molecule is CCCCC/C=C(/CP(=O)(O)CC(C)C)C(=O)O. The number of allylic oxidation sites excluding steroid dienone is 1. The van der Waals surface area contributed by atoms with E-state index in [0.29, 0.717) is 6.42 Å². The fourth-order valence-corrected chi connectivity index (χ4v) is 3.86. The first-order valence-electron chi connectivity index (χ1n) is 6.51. The van der Waals surface area contributed by atoms with Gasteiger partial charge in [0.25, 0.3) is 0 Å². The maximum Gasteiger partial charge on any atom is 0.331 e. The summed E-state index contributed by atoms with van der Waals surface area (Å²) in [6.45, 7) is 5.79. The molecule has 1 atom stereocenters. The highest BCUT2D eigenvalue weighted by Crippen LogP contribution is 2.44. The summed E-state index contributed by atoms with van der Waals surface area (Å²) in [5.41, 5.74) is 0.0811. The van der Waals surface area contributed by atoms with Gasteiger partial charge >= 0.3 is 5.97 Å². The van der Waals surface area contributed by atoms with Crippen molar-refractivity contribution in [3.8, 4) is 0 Å². The smallest absolute Gasteiger partial charge is 0.331 e. The molecule has 2 N–H and O–H groups in total. The Kier molecular flexibility index (Phi) is 8.21. The first-order valence-corrected chi connectivity index (χ1v) is 8.54. The lowest BCUT2D eigenvalue weighted by molar-refractivity contribution is -0.132. The zero-order valence-electron chi connectivity index (χ0n) is 11.6. The molecule has 5 heteroatoms. The fourth-order valence-electron chi connectivity index (χ4n) is 1.79. The van der Waals surface area contributed by atoms with Crippen LogP contribution in [0.3, 0.4) is 0 Å². The number of hydrogen-bond acceptors (Lipinski definition) is 2. The molecule has 106 valence electrons. The van der Waals surface area contributed by atoms with Crippen molar-refractivity contribution >= 4 is 13.3 Å². The Morgan fingerprint density at radius 3 is 2.39 bits per heavy atom. The molecule has 0 fully saturated rings. The topological polar surface area (TPSA) is 74.6 Å². The lowest BCUT2D eigenvalue weighted by atomic mass is 10.1. The van der Waals surface area contributed by atoms with Gasteiger partial charge in [-0.1, -0.05) is 39.7 Å². The van der Waals surface area contributed by atoms with Gasteiger partial charge in [-0.15, -0.1) is 0 Å². The first kappa shape index (κ1) is 17.4. The van der Waals surface area contributed by atoms with Crippen molar-refractivity contribution in [1.29, 1.82) is 0 Å². The van der Waals surface area contributed by atoms with Crippen LogP contribution in [0.15, 0.2) is 11.6 Å². The minimum atomic E-state index is -3.36. The number of carboxylic acid groups (broad SMARTS) is 1. The van der Waals surface area contributed by atoms with E-state index in [4.69, 9.17) is 5.11 Å². The van der Waals surface area contributed by atoms with Gasteiger partial charge in [-0.05, 0) is 18.8 Å². The average Bonchev–Trinajstić information content (AvgIpc) is 2.20. The van der Waals surface area contributed by atoms with E-state index in [1.54, 1.807) is 6.08 Å². The van der Waals surface area contributed by atoms with E-state index in [9.17, 15) is 14.3 Å². The molecule has 0 aliphatic rings. The molecule has 0 rings (SSSR count). The molecule has 0 aromatic heterocycles. The van der Waals surface area contributed by atoms with Crippen molar-refractivity contribution in [3.63, 3.8) is 0 Å². The van der Waals surface area contributed by atoms with Gasteiger partial charge < -0.3 is 10.00 Å². The highest BCUT2D eigenvalue weighted by Gasteiger charge is 2.24. The summed E-state index contributed by atoms with van der Waals surface area (Å²) in [7, 11) is -3.36. The van der Waals surface area contributed by atoms with Crippen molar-refractivity contribution in [2.24, 2.45) is 5.92 Å². The molecule has 0 radical (unpaired) electrons. The highest BCUT2D eigenvalue weighted by molar-refractivity contribution is 7.58. The third-order valence-electron chi connectivity index (χ3n) is 2.54. The van der Waals surface area contributed by atoms with Crippen LogP contribution in [0.1, 0.15) is 46.5 Å². The predicted octanol–water partition coefficient (Wildman–Crippen LogP) is 3.50. The second-order valence-corrected chi connectivity index (χ2v) is 7.49. The van der Waals surface area contributed by atoms with Crippen LogP contribution in [-0.2, 0) is 9.36 Å². The standard InChI is InChI=1S/C13H25O4P/c1-4-5-6-7-8-12(13(14)15)10-18(16,17)9-11(2)3/h8,11H,4-7,9-10H2,1-3H3,(H,14,15)(H,16,17)/b12-8-. The molecule has 4 nitrogen and oxygen atoms in total. The van der Waals surface area contributed by atoms with Crippen molar-refractivity contribution in [1.82, 2.24) is 0 Å². The minimum absolute atomic E-state index is 0.0811.